The molecule has 1 saturated heterocycles. The van der Waals surface area contributed by atoms with Crippen LogP contribution in [0, 0.1) is 0 Å². The summed E-state index contributed by atoms with van der Waals surface area (Å²) in [6, 6.07) is 0. The highest BCUT2D eigenvalue weighted by atomic mass is 31.2. The van der Waals surface area contributed by atoms with Crippen LogP contribution < -0.4 is 0 Å². The Morgan fingerprint density at radius 1 is 1.50 bits per heavy atom. The van der Waals surface area contributed by atoms with Gasteiger partial charge >= 0.3 is 8.60 Å². The third-order valence-corrected chi connectivity index (χ3v) is 3.53. The molecule has 0 aromatic rings. The molecule has 0 spiro atoms. The second kappa shape index (κ2) is 3.84. The summed E-state index contributed by atoms with van der Waals surface area (Å²) in [6.45, 7) is 2.77. The molecule has 1 fully saturated rings. The summed E-state index contributed by atoms with van der Waals surface area (Å²) >= 11 is 0. The van der Waals surface area contributed by atoms with E-state index in [1.54, 1.807) is 0 Å². The van der Waals surface area contributed by atoms with E-state index in [0.717, 1.165) is 12.8 Å². The van der Waals surface area contributed by atoms with Crippen molar-refractivity contribution in [3.8, 4) is 0 Å². The van der Waals surface area contributed by atoms with Crippen molar-refractivity contribution in [2.75, 3.05) is 6.61 Å². The predicted octanol–water partition coefficient (Wildman–Crippen LogP) is 2.12. The first-order chi connectivity index (χ1) is 5.88. The molecular weight excluding hydrogens is 175 g/mol. The van der Waals surface area contributed by atoms with Crippen LogP contribution in [0.2, 0.25) is 0 Å². The van der Waals surface area contributed by atoms with Crippen LogP contribution in [0.3, 0.4) is 0 Å². The second-order valence-corrected chi connectivity index (χ2v) is 4.29. The van der Waals surface area contributed by atoms with E-state index in [1.807, 2.05) is 6.08 Å². The Bertz CT molecular complexity index is 183. The molecule has 3 atom stereocenters. The number of fused-ring (bicyclic) bond motifs is 2. The Hall–Kier alpha value is 0.0500. The SMILES string of the molecule is CCC1C[C@H]2C=CCO[PH+](O1)O2. The van der Waals surface area contributed by atoms with Gasteiger partial charge < -0.3 is 0 Å². The van der Waals surface area contributed by atoms with Gasteiger partial charge in [-0.15, -0.1) is 0 Å². The molecule has 12 heavy (non-hydrogen) atoms. The van der Waals surface area contributed by atoms with Crippen LogP contribution in [0.4, 0.5) is 0 Å². The van der Waals surface area contributed by atoms with Crippen molar-refractivity contribution in [1.29, 1.82) is 0 Å². The molecule has 3 nitrogen and oxygen atoms in total. The number of hydrogen-bond acceptors (Lipinski definition) is 3. The summed E-state index contributed by atoms with van der Waals surface area (Å²) in [6.07, 6.45) is 6.70. The maximum absolute atomic E-state index is 5.60. The lowest BCUT2D eigenvalue weighted by Crippen LogP contribution is -2.24. The molecular formula is C8H14O3P+. The zero-order valence-electron chi connectivity index (χ0n) is 7.16. The minimum absolute atomic E-state index is 0.236. The Morgan fingerprint density at radius 3 is 3.25 bits per heavy atom. The summed E-state index contributed by atoms with van der Waals surface area (Å²) < 4.78 is 16.5. The molecule has 2 aliphatic rings. The molecule has 2 heterocycles. The minimum Gasteiger partial charge on any atom is -0.176 e. The molecule has 2 unspecified atom stereocenters. The highest BCUT2D eigenvalue weighted by molar-refractivity contribution is 7.41. The van der Waals surface area contributed by atoms with Gasteiger partial charge in [0, 0.05) is 6.42 Å². The first kappa shape index (κ1) is 8.64. The van der Waals surface area contributed by atoms with Crippen LogP contribution >= 0.6 is 8.60 Å². The molecule has 0 aliphatic carbocycles. The van der Waals surface area contributed by atoms with Crippen molar-refractivity contribution in [3.63, 3.8) is 0 Å². The summed E-state index contributed by atoms with van der Waals surface area (Å²) in [5, 5.41) is 0. The Labute approximate surface area is 73.7 Å². The summed E-state index contributed by atoms with van der Waals surface area (Å²) in [4.78, 5) is 0. The van der Waals surface area contributed by atoms with Gasteiger partial charge in [-0.1, -0.05) is 19.1 Å². The van der Waals surface area contributed by atoms with Crippen LogP contribution in [0.25, 0.3) is 0 Å². The van der Waals surface area contributed by atoms with E-state index in [4.69, 9.17) is 13.6 Å². The lowest BCUT2D eigenvalue weighted by atomic mass is 10.1. The summed E-state index contributed by atoms with van der Waals surface area (Å²) in [5.74, 6) is 0. The maximum Gasteiger partial charge on any atom is 0.399 e. The van der Waals surface area contributed by atoms with Crippen molar-refractivity contribution < 1.29 is 13.6 Å². The molecule has 0 amide bonds. The van der Waals surface area contributed by atoms with Gasteiger partial charge in [0.15, 0.2) is 0 Å². The quantitative estimate of drug-likeness (QED) is 0.467. The molecule has 2 bridgehead atoms. The third kappa shape index (κ3) is 1.86. The fourth-order valence-corrected chi connectivity index (χ4v) is 2.78. The van der Waals surface area contributed by atoms with Gasteiger partial charge in [0.05, 0.1) is 0 Å². The van der Waals surface area contributed by atoms with Crippen molar-refractivity contribution in [2.45, 2.75) is 32.0 Å². The lowest BCUT2D eigenvalue weighted by Gasteiger charge is -2.23. The van der Waals surface area contributed by atoms with E-state index < -0.39 is 8.60 Å². The van der Waals surface area contributed by atoms with Crippen molar-refractivity contribution in [3.05, 3.63) is 12.2 Å². The van der Waals surface area contributed by atoms with Crippen LogP contribution in [0.15, 0.2) is 12.2 Å². The van der Waals surface area contributed by atoms with Crippen LogP contribution in [0.1, 0.15) is 19.8 Å². The molecule has 68 valence electrons. The van der Waals surface area contributed by atoms with Gasteiger partial charge in [-0.3, -0.25) is 0 Å². The molecule has 2 rings (SSSR count). The largest absolute Gasteiger partial charge is 0.399 e. The van der Waals surface area contributed by atoms with Gasteiger partial charge in [-0.05, 0) is 6.42 Å². The zero-order valence-corrected chi connectivity index (χ0v) is 8.16. The first-order valence-corrected chi connectivity index (χ1v) is 5.60. The highest BCUT2D eigenvalue weighted by Crippen LogP contribution is 2.49. The molecule has 0 aromatic carbocycles. The van der Waals surface area contributed by atoms with Crippen LogP contribution in [-0.2, 0) is 13.6 Å². The second-order valence-electron chi connectivity index (χ2n) is 3.03. The predicted molar refractivity (Wildman–Crippen MR) is 48.1 cm³/mol. The topological polar surface area (TPSA) is 27.7 Å². The molecule has 0 radical (unpaired) electrons. The Kier molecular flexibility index (Phi) is 2.76. The fraction of sp³-hybridized carbons (Fsp3) is 0.750. The zero-order chi connectivity index (χ0) is 8.39. The average Bonchev–Trinajstić information content (AvgIpc) is 2.27. The summed E-state index contributed by atoms with van der Waals surface area (Å²) in [7, 11) is -1.41. The standard InChI is InChI=1S/C8H14O3P/c1-2-7-6-8-4-3-5-9-12(10-7)11-8/h3-4,7-8,12H,2,5-6H2,1H3/q+1/t7?,8-/m1/s1. The highest BCUT2D eigenvalue weighted by Gasteiger charge is 2.37. The number of rotatable bonds is 1. The lowest BCUT2D eigenvalue weighted by molar-refractivity contribution is 0.0416. The number of hydrogen-bond donors (Lipinski definition) is 0. The van der Waals surface area contributed by atoms with Crippen LogP contribution in [0.5, 0.6) is 0 Å². The molecule has 0 saturated carbocycles. The third-order valence-electron chi connectivity index (χ3n) is 2.11. The van der Waals surface area contributed by atoms with E-state index in [1.165, 1.54) is 0 Å². The van der Waals surface area contributed by atoms with Crippen LogP contribution in [-0.4, -0.2) is 18.8 Å². The van der Waals surface area contributed by atoms with E-state index in [2.05, 4.69) is 13.0 Å². The van der Waals surface area contributed by atoms with E-state index in [0.29, 0.717) is 12.7 Å². The first-order valence-electron chi connectivity index (χ1n) is 4.38. The average molecular weight is 189 g/mol. The van der Waals surface area contributed by atoms with Gasteiger partial charge in [-0.2, -0.15) is 13.6 Å². The maximum atomic E-state index is 5.60. The van der Waals surface area contributed by atoms with Crippen molar-refractivity contribution >= 4 is 8.60 Å². The van der Waals surface area contributed by atoms with E-state index in [-0.39, 0.29) is 6.10 Å². The van der Waals surface area contributed by atoms with Gasteiger partial charge in [0.25, 0.3) is 0 Å². The van der Waals surface area contributed by atoms with Gasteiger partial charge in [0.2, 0.25) is 0 Å². The van der Waals surface area contributed by atoms with E-state index >= 15 is 0 Å². The Morgan fingerprint density at radius 2 is 2.42 bits per heavy atom. The normalized spacial score (nSPS) is 40.9. The smallest absolute Gasteiger partial charge is 0.176 e. The Balaban J connectivity index is 2.02. The molecule has 2 aliphatic heterocycles. The molecule has 0 N–H and O–H groups in total. The molecule has 0 aromatic heterocycles. The minimum atomic E-state index is -1.41. The van der Waals surface area contributed by atoms with Crippen molar-refractivity contribution in [1.82, 2.24) is 0 Å². The van der Waals surface area contributed by atoms with Gasteiger partial charge in [0.1, 0.15) is 18.8 Å². The van der Waals surface area contributed by atoms with E-state index in [9.17, 15) is 0 Å². The fourth-order valence-electron chi connectivity index (χ4n) is 1.40. The molecule has 4 heteroatoms. The van der Waals surface area contributed by atoms with Gasteiger partial charge in [-0.25, -0.2) is 0 Å². The summed E-state index contributed by atoms with van der Waals surface area (Å²) in [5.41, 5.74) is 0. The van der Waals surface area contributed by atoms with Crippen molar-refractivity contribution in [2.24, 2.45) is 0 Å². The monoisotopic (exact) mass is 189 g/mol.